The fourth-order valence-corrected chi connectivity index (χ4v) is 2.03. The molecule has 0 fully saturated rings. The lowest BCUT2D eigenvalue weighted by Crippen LogP contribution is -2.05. The molecule has 0 saturated heterocycles. The van der Waals surface area contributed by atoms with Gasteiger partial charge in [0.2, 0.25) is 0 Å². The fraction of sp³-hybridized carbons (Fsp3) is 0.333. The summed E-state index contributed by atoms with van der Waals surface area (Å²) in [5.41, 5.74) is 2.40. The molecule has 0 aromatic heterocycles. The zero-order valence-corrected chi connectivity index (χ0v) is 12.7. The normalized spacial score (nSPS) is 10.4. The summed E-state index contributed by atoms with van der Waals surface area (Å²) < 4.78 is 10.8. The van der Waals surface area contributed by atoms with Crippen LogP contribution in [0.5, 0.6) is 11.5 Å². The van der Waals surface area contributed by atoms with E-state index in [-0.39, 0.29) is 0 Å². The Labute approximate surface area is 126 Å². The molecule has 0 aliphatic rings. The highest BCUT2D eigenvalue weighted by molar-refractivity contribution is 5.28. The molecule has 0 heterocycles. The minimum absolute atomic E-state index is 0.696. The molecule has 21 heavy (non-hydrogen) atoms. The van der Waals surface area contributed by atoms with Crippen molar-refractivity contribution in [1.29, 1.82) is 0 Å². The van der Waals surface area contributed by atoms with E-state index in [2.05, 4.69) is 29.6 Å². The SMILES string of the molecule is CCOc1ccc(C[N]Cc2ccc(OCC)cc2)cc1. The molecule has 2 aromatic carbocycles. The summed E-state index contributed by atoms with van der Waals surface area (Å²) in [6.45, 7) is 6.81. The van der Waals surface area contributed by atoms with E-state index in [0.29, 0.717) is 13.2 Å². The van der Waals surface area contributed by atoms with Crippen LogP contribution in [0.3, 0.4) is 0 Å². The molecule has 1 radical (unpaired) electrons. The van der Waals surface area contributed by atoms with E-state index in [0.717, 1.165) is 24.6 Å². The molecular formula is C18H22NO2. The van der Waals surface area contributed by atoms with Crippen molar-refractivity contribution in [2.45, 2.75) is 26.9 Å². The van der Waals surface area contributed by atoms with Crippen molar-refractivity contribution in [3.8, 4) is 11.5 Å². The van der Waals surface area contributed by atoms with Crippen LogP contribution in [0.15, 0.2) is 48.5 Å². The Morgan fingerprint density at radius 1 is 0.667 bits per heavy atom. The van der Waals surface area contributed by atoms with Crippen molar-refractivity contribution in [3.05, 3.63) is 59.7 Å². The second-order valence-corrected chi connectivity index (χ2v) is 4.69. The lowest BCUT2D eigenvalue weighted by molar-refractivity contribution is 0.340. The summed E-state index contributed by atoms with van der Waals surface area (Å²) in [5.74, 6) is 1.82. The van der Waals surface area contributed by atoms with Crippen LogP contribution < -0.4 is 14.8 Å². The fourth-order valence-electron chi connectivity index (χ4n) is 2.03. The Hall–Kier alpha value is -2.00. The molecule has 0 amide bonds. The smallest absolute Gasteiger partial charge is 0.119 e. The summed E-state index contributed by atoms with van der Waals surface area (Å²) in [4.78, 5) is 0. The van der Waals surface area contributed by atoms with Gasteiger partial charge in [-0.05, 0) is 49.2 Å². The highest BCUT2D eigenvalue weighted by Gasteiger charge is 1.98. The van der Waals surface area contributed by atoms with Crippen LogP contribution >= 0.6 is 0 Å². The van der Waals surface area contributed by atoms with Crippen molar-refractivity contribution in [1.82, 2.24) is 5.32 Å². The summed E-state index contributed by atoms with van der Waals surface area (Å²) in [5, 5.41) is 4.58. The zero-order valence-electron chi connectivity index (χ0n) is 12.7. The Morgan fingerprint density at radius 3 is 1.38 bits per heavy atom. The van der Waals surface area contributed by atoms with Crippen LogP contribution in [-0.4, -0.2) is 13.2 Å². The molecule has 0 atom stereocenters. The Kier molecular flexibility index (Phi) is 6.10. The second kappa shape index (κ2) is 8.32. The topological polar surface area (TPSA) is 32.6 Å². The van der Waals surface area contributed by atoms with Crippen molar-refractivity contribution in [2.24, 2.45) is 0 Å². The van der Waals surface area contributed by atoms with Gasteiger partial charge in [-0.15, -0.1) is 0 Å². The molecule has 0 aliphatic heterocycles. The Morgan fingerprint density at radius 2 is 1.05 bits per heavy atom. The second-order valence-electron chi connectivity index (χ2n) is 4.69. The monoisotopic (exact) mass is 284 g/mol. The first kappa shape index (κ1) is 15.4. The minimum Gasteiger partial charge on any atom is -0.494 e. The number of hydrogen-bond acceptors (Lipinski definition) is 2. The molecule has 3 nitrogen and oxygen atoms in total. The van der Waals surface area contributed by atoms with Gasteiger partial charge in [0.05, 0.1) is 13.2 Å². The largest absolute Gasteiger partial charge is 0.494 e. The Bertz CT molecular complexity index is 470. The van der Waals surface area contributed by atoms with Crippen LogP contribution in [-0.2, 0) is 13.1 Å². The van der Waals surface area contributed by atoms with Gasteiger partial charge in [0.15, 0.2) is 0 Å². The van der Waals surface area contributed by atoms with Gasteiger partial charge in [-0.3, -0.25) is 0 Å². The van der Waals surface area contributed by atoms with Gasteiger partial charge < -0.3 is 9.47 Å². The summed E-state index contributed by atoms with van der Waals surface area (Å²) in [7, 11) is 0. The molecule has 0 saturated carbocycles. The maximum Gasteiger partial charge on any atom is 0.119 e. The van der Waals surface area contributed by atoms with Gasteiger partial charge in [0, 0.05) is 13.1 Å². The van der Waals surface area contributed by atoms with E-state index in [9.17, 15) is 0 Å². The van der Waals surface area contributed by atoms with E-state index < -0.39 is 0 Å². The molecule has 0 spiro atoms. The number of rotatable bonds is 8. The molecule has 111 valence electrons. The highest BCUT2D eigenvalue weighted by atomic mass is 16.5. The first-order valence-electron chi connectivity index (χ1n) is 7.38. The third-order valence-corrected chi connectivity index (χ3v) is 3.06. The van der Waals surface area contributed by atoms with Crippen molar-refractivity contribution >= 4 is 0 Å². The molecular weight excluding hydrogens is 262 g/mol. The van der Waals surface area contributed by atoms with E-state index in [1.165, 1.54) is 11.1 Å². The third kappa shape index (κ3) is 5.12. The van der Waals surface area contributed by atoms with Gasteiger partial charge in [0.1, 0.15) is 11.5 Å². The standard InChI is InChI=1S/C18H22NO2/c1-3-20-17-9-5-15(6-10-17)13-19-14-16-7-11-18(12-8-16)21-4-2/h5-12H,3-4,13-14H2,1-2H3. The molecule has 0 N–H and O–H groups in total. The summed E-state index contributed by atoms with van der Waals surface area (Å²) in [6, 6.07) is 16.2. The first-order valence-corrected chi connectivity index (χ1v) is 7.38. The maximum atomic E-state index is 5.42. The lowest BCUT2D eigenvalue weighted by Gasteiger charge is -2.07. The first-order chi connectivity index (χ1) is 10.3. The molecule has 3 heteroatoms. The maximum absolute atomic E-state index is 5.42. The lowest BCUT2D eigenvalue weighted by atomic mass is 10.2. The summed E-state index contributed by atoms with van der Waals surface area (Å²) >= 11 is 0. The van der Waals surface area contributed by atoms with E-state index in [1.807, 2.05) is 38.1 Å². The van der Waals surface area contributed by atoms with E-state index in [4.69, 9.17) is 9.47 Å². The van der Waals surface area contributed by atoms with Crippen LogP contribution in [0, 0.1) is 0 Å². The van der Waals surface area contributed by atoms with Gasteiger partial charge in [-0.25, -0.2) is 5.32 Å². The molecule has 2 aromatic rings. The van der Waals surface area contributed by atoms with Crippen molar-refractivity contribution in [3.63, 3.8) is 0 Å². The predicted octanol–water partition coefficient (Wildman–Crippen LogP) is 3.79. The average molecular weight is 284 g/mol. The predicted molar refractivity (Wildman–Crippen MR) is 84.8 cm³/mol. The number of hydrogen-bond donors (Lipinski definition) is 0. The molecule has 0 aliphatic carbocycles. The van der Waals surface area contributed by atoms with Crippen molar-refractivity contribution < 1.29 is 9.47 Å². The van der Waals surface area contributed by atoms with Gasteiger partial charge >= 0.3 is 0 Å². The van der Waals surface area contributed by atoms with Crippen LogP contribution in [0.2, 0.25) is 0 Å². The van der Waals surface area contributed by atoms with Crippen LogP contribution in [0.25, 0.3) is 0 Å². The number of ether oxygens (including phenoxy) is 2. The summed E-state index contributed by atoms with van der Waals surface area (Å²) in [6.07, 6.45) is 0. The number of nitrogens with zero attached hydrogens (tertiary/aromatic N) is 1. The molecule has 2 rings (SSSR count). The molecule has 0 unspecified atom stereocenters. The van der Waals surface area contributed by atoms with Crippen LogP contribution in [0.1, 0.15) is 25.0 Å². The third-order valence-electron chi connectivity index (χ3n) is 3.06. The van der Waals surface area contributed by atoms with Gasteiger partial charge in [0.25, 0.3) is 0 Å². The van der Waals surface area contributed by atoms with E-state index in [1.54, 1.807) is 0 Å². The minimum atomic E-state index is 0.696. The van der Waals surface area contributed by atoms with Gasteiger partial charge in [-0.2, -0.15) is 0 Å². The highest BCUT2D eigenvalue weighted by Crippen LogP contribution is 2.14. The van der Waals surface area contributed by atoms with Crippen molar-refractivity contribution in [2.75, 3.05) is 13.2 Å². The average Bonchev–Trinajstić information content (AvgIpc) is 2.51. The van der Waals surface area contributed by atoms with Gasteiger partial charge in [-0.1, -0.05) is 24.3 Å². The number of benzene rings is 2. The van der Waals surface area contributed by atoms with Crippen LogP contribution in [0.4, 0.5) is 0 Å². The quantitative estimate of drug-likeness (QED) is 0.739. The van der Waals surface area contributed by atoms with E-state index >= 15 is 0 Å². The Balaban J connectivity index is 1.78. The zero-order chi connectivity index (χ0) is 14.9. The molecule has 0 bridgehead atoms.